The van der Waals surface area contributed by atoms with Crippen molar-refractivity contribution in [1.29, 1.82) is 0 Å². The molecule has 1 atom stereocenters. The Kier molecular flexibility index (Phi) is 12.0. The van der Waals surface area contributed by atoms with Crippen LogP contribution in [0.3, 0.4) is 0 Å². The fourth-order valence-electron chi connectivity index (χ4n) is 2.78. The molecule has 214 valence electrons. The van der Waals surface area contributed by atoms with Crippen LogP contribution in [0.25, 0.3) is 0 Å². The molecule has 3 heterocycles. The van der Waals surface area contributed by atoms with Crippen molar-refractivity contribution < 1.29 is 59.3 Å². The quantitative estimate of drug-likeness (QED) is 0.469. The van der Waals surface area contributed by atoms with E-state index < -0.39 is 34.1 Å². The fourth-order valence-corrected chi connectivity index (χ4v) is 3.61. The monoisotopic (exact) mass is 578 g/mol. The summed E-state index contributed by atoms with van der Waals surface area (Å²) in [5.74, 6) is -4.56. The number of aliphatic carboxylic acids is 2. The molecular formula is C20H24F6N4O7S. The highest BCUT2D eigenvalue weighted by Crippen LogP contribution is 2.21. The Bertz CT molecular complexity index is 1120. The molecule has 18 heteroatoms. The zero-order chi connectivity index (χ0) is 29.1. The van der Waals surface area contributed by atoms with E-state index in [1.807, 2.05) is 28.9 Å². The number of nitrogens with zero attached hydrogens (tertiary/aromatic N) is 4. The predicted octanol–water partition coefficient (Wildman–Crippen LogP) is 2.42. The van der Waals surface area contributed by atoms with Gasteiger partial charge >= 0.3 is 24.3 Å². The van der Waals surface area contributed by atoms with Gasteiger partial charge in [0.1, 0.15) is 6.61 Å². The second-order valence-corrected chi connectivity index (χ2v) is 9.95. The molecule has 0 aliphatic carbocycles. The minimum Gasteiger partial charge on any atom is -0.475 e. The molecule has 11 nitrogen and oxygen atoms in total. The minimum absolute atomic E-state index is 0.0371. The van der Waals surface area contributed by atoms with Gasteiger partial charge in [-0.25, -0.2) is 23.0 Å². The molecule has 0 spiro atoms. The summed E-state index contributed by atoms with van der Waals surface area (Å²) in [5.41, 5.74) is 1.07. The molecule has 0 amide bonds. The van der Waals surface area contributed by atoms with Crippen LogP contribution in [-0.2, 0) is 26.0 Å². The fraction of sp³-hybridized carbons (Fsp3) is 0.500. The SMILES string of the molecule is CCS(=O)(=O)CCN1Cc2ccnn2C(COc2ccccn2)C1.O=C(O)C(F)(F)F.O=C(O)C(F)(F)F. The van der Waals surface area contributed by atoms with E-state index in [4.69, 9.17) is 24.5 Å². The number of carbonyl (C=O) groups is 2. The molecule has 2 aromatic heterocycles. The van der Waals surface area contributed by atoms with E-state index in [1.165, 1.54) is 0 Å². The maximum Gasteiger partial charge on any atom is 0.490 e. The Labute approximate surface area is 212 Å². The van der Waals surface area contributed by atoms with Gasteiger partial charge in [-0.15, -0.1) is 0 Å². The van der Waals surface area contributed by atoms with E-state index in [-0.39, 0.29) is 17.5 Å². The normalized spacial score (nSPS) is 15.7. The number of rotatable bonds is 7. The Morgan fingerprint density at radius 1 is 1.05 bits per heavy atom. The molecule has 3 rings (SSSR count). The molecule has 2 aromatic rings. The molecule has 0 saturated heterocycles. The molecule has 1 aliphatic heterocycles. The van der Waals surface area contributed by atoms with Crippen LogP contribution in [0.5, 0.6) is 5.88 Å². The number of sulfone groups is 1. The first-order valence-electron chi connectivity index (χ1n) is 10.6. The topological polar surface area (TPSA) is 152 Å². The minimum atomic E-state index is -5.08. The van der Waals surface area contributed by atoms with Crippen molar-refractivity contribution in [3.05, 3.63) is 42.4 Å². The van der Waals surface area contributed by atoms with Crippen LogP contribution in [0.15, 0.2) is 36.7 Å². The Morgan fingerprint density at radius 3 is 2.11 bits per heavy atom. The first-order valence-corrected chi connectivity index (χ1v) is 12.4. The van der Waals surface area contributed by atoms with Gasteiger partial charge in [0.05, 0.1) is 17.5 Å². The van der Waals surface area contributed by atoms with E-state index >= 15 is 0 Å². The molecule has 0 aromatic carbocycles. The van der Waals surface area contributed by atoms with E-state index in [9.17, 15) is 34.8 Å². The molecule has 2 N–H and O–H groups in total. The first-order chi connectivity index (χ1) is 17.5. The zero-order valence-electron chi connectivity index (χ0n) is 19.7. The number of ether oxygens (including phenoxy) is 1. The highest BCUT2D eigenvalue weighted by molar-refractivity contribution is 7.91. The lowest BCUT2D eigenvalue weighted by Gasteiger charge is -2.33. The van der Waals surface area contributed by atoms with E-state index in [0.717, 1.165) is 5.69 Å². The van der Waals surface area contributed by atoms with Gasteiger partial charge < -0.3 is 14.9 Å². The van der Waals surface area contributed by atoms with Gasteiger partial charge in [-0.2, -0.15) is 31.4 Å². The second kappa shape index (κ2) is 13.9. The van der Waals surface area contributed by atoms with Crippen LogP contribution in [0.4, 0.5) is 26.3 Å². The third kappa shape index (κ3) is 11.8. The number of aromatic nitrogens is 3. The molecule has 1 aliphatic rings. The molecule has 0 bridgehead atoms. The number of carboxylic acids is 2. The highest BCUT2D eigenvalue weighted by atomic mass is 32.2. The predicted molar refractivity (Wildman–Crippen MR) is 118 cm³/mol. The van der Waals surface area contributed by atoms with Crippen molar-refractivity contribution in [2.75, 3.05) is 31.2 Å². The number of alkyl halides is 6. The lowest BCUT2D eigenvalue weighted by atomic mass is 10.2. The van der Waals surface area contributed by atoms with Crippen LogP contribution in [0, 0.1) is 0 Å². The molecule has 0 fully saturated rings. The number of carboxylic acid groups (broad SMARTS) is 2. The van der Waals surface area contributed by atoms with E-state index in [0.29, 0.717) is 32.1 Å². The van der Waals surface area contributed by atoms with Crippen LogP contribution in [0.2, 0.25) is 0 Å². The number of pyridine rings is 1. The summed E-state index contributed by atoms with van der Waals surface area (Å²) in [4.78, 5) is 24.1. The lowest BCUT2D eigenvalue weighted by Crippen LogP contribution is -2.42. The van der Waals surface area contributed by atoms with Crippen molar-refractivity contribution >= 4 is 21.8 Å². The van der Waals surface area contributed by atoms with Gasteiger partial charge in [0.2, 0.25) is 5.88 Å². The van der Waals surface area contributed by atoms with Gasteiger partial charge in [0.25, 0.3) is 0 Å². The highest BCUT2D eigenvalue weighted by Gasteiger charge is 2.38. The van der Waals surface area contributed by atoms with Crippen molar-refractivity contribution in [1.82, 2.24) is 19.7 Å². The number of fused-ring (bicyclic) bond motifs is 1. The van der Waals surface area contributed by atoms with E-state index in [2.05, 4.69) is 15.0 Å². The third-order valence-corrected chi connectivity index (χ3v) is 6.34. The largest absolute Gasteiger partial charge is 0.490 e. The Morgan fingerprint density at radius 2 is 1.63 bits per heavy atom. The summed E-state index contributed by atoms with van der Waals surface area (Å²) >= 11 is 0. The number of hydrogen-bond donors (Lipinski definition) is 2. The van der Waals surface area contributed by atoms with Crippen LogP contribution < -0.4 is 4.74 Å². The smallest absolute Gasteiger partial charge is 0.475 e. The number of halogens is 6. The van der Waals surface area contributed by atoms with E-state index in [1.54, 1.807) is 19.3 Å². The second-order valence-electron chi connectivity index (χ2n) is 7.48. The summed E-state index contributed by atoms with van der Waals surface area (Å²) < 4.78 is 94.7. The van der Waals surface area contributed by atoms with Gasteiger partial charge in [-0.1, -0.05) is 13.0 Å². The van der Waals surface area contributed by atoms with Gasteiger partial charge in [0, 0.05) is 43.8 Å². The van der Waals surface area contributed by atoms with Crippen molar-refractivity contribution in [3.63, 3.8) is 0 Å². The third-order valence-electron chi connectivity index (χ3n) is 4.66. The molecule has 0 saturated carbocycles. The maximum atomic E-state index is 11.8. The zero-order valence-corrected chi connectivity index (χ0v) is 20.5. The van der Waals surface area contributed by atoms with Crippen molar-refractivity contribution in [3.8, 4) is 5.88 Å². The molecule has 1 unspecified atom stereocenters. The summed E-state index contributed by atoms with van der Waals surface area (Å²) in [6.45, 7) is 4.08. The van der Waals surface area contributed by atoms with Crippen LogP contribution in [-0.4, -0.2) is 93.8 Å². The summed E-state index contributed by atoms with van der Waals surface area (Å²) in [5, 5.41) is 18.6. The Balaban J connectivity index is 0.000000426. The lowest BCUT2D eigenvalue weighted by molar-refractivity contribution is -0.193. The first kappa shape index (κ1) is 32.6. The molecule has 38 heavy (non-hydrogen) atoms. The summed E-state index contributed by atoms with van der Waals surface area (Å²) in [6.07, 6.45) is -6.70. The van der Waals surface area contributed by atoms with Crippen LogP contribution >= 0.6 is 0 Å². The molecular weight excluding hydrogens is 554 g/mol. The van der Waals surface area contributed by atoms with Gasteiger partial charge in [-0.05, 0) is 12.1 Å². The average molecular weight is 578 g/mol. The average Bonchev–Trinajstić information content (AvgIpc) is 3.30. The van der Waals surface area contributed by atoms with Crippen molar-refractivity contribution in [2.45, 2.75) is 31.9 Å². The van der Waals surface area contributed by atoms with Gasteiger partial charge in [0.15, 0.2) is 9.84 Å². The molecule has 0 radical (unpaired) electrons. The summed E-state index contributed by atoms with van der Waals surface area (Å²) in [6, 6.07) is 7.54. The van der Waals surface area contributed by atoms with Gasteiger partial charge in [-0.3, -0.25) is 9.58 Å². The maximum absolute atomic E-state index is 11.8. The van der Waals surface area contributed by atoms with Crippen LogP contribution in [0.1, 0.15) is 18.7 Å². The Hall–Kier alpha value is -3.41. The van der Waals surface area contributed by atoms with Crippen molar-refractivity contribution in [2.24, 2.45) is 0 Å². The standard InChI is InChI=1S/C16H22N4O3S.2C2HF3O2/c1-2-24(21,22)10-9-19-11-14-6-8-18-20(14)15(12-19)13-23-16-5-3-4-7-17-16;2*3-2(4,5)1(6)7/h3-8,15H,2,9-13H2,1H3;2*(H,6,7). The number of hydrogen-bond acceptors (Lipinski definition) is 8. The summed E-state index contributed by atoms with van der Waals surface area (Å²) in [7, 11) is -2.96.